The summed E-state index contributed by atoms with van der Waals surface area (Å²) in [6.45, 7) is 0.100. The third kappa shape index (κ3) is 3.77. The quantitative estimate of drug-likeness (QED) is 0.387. The Morgan fingerprint density at radius 1 is 1.10 bits per heavy atom. The van der Waals surface area contributed by atoms with Gasteiger partial charge in [-0.25, -0.2) is 4.39 Å². The average Bonchev–Trinajstić information content (AvgIpc) is 3.04. The van der Waals surface area contributed by atoms with E-state index in [0.717, 1.165) is 0 Å². The van der Waals surface area contributed by atoms with Crippen LogP contribution in [-0.2, 0) is 16.1 Å². The summed E-state index contributed by atoms with van der Waals surface area (Å²) in [6, 6.07) is 14.8. The zero-order chi connectivity index (χ0) is 22.0. The number of carbonyl (C=O) groups is 2. The van der Waals surface area contributed by atoms with Crippen molar-refractivity contribution < 1.29 is 23.8 Å². The van der Waals surface area contributed by atoms with Crippen molar-refractivity contribution in [2.45, 2.75) is 12.6 Å². The molecule has 1 fully saturated rings. The number of Topliss-reactive ketones (excluding diaryl/α,β-unsaturated/α-hetero) is 1. The molecular weight excluding hydrogens is 399 g/mol. The van der Waals surface area contributed by atoms with Gasteiger partial charge in [0.2, 0.25) is 0 Å². The predicted octanol–water partition coefficient (Wildman–Crippen LogP) is 3.85. The molecule has 1 aromatic heterocycles. The lowest BCUT2D eigenvalue weighted by Crippen LogP contribution is -2.29. The molecule has 1 atom stereocenters. The Hall–Kier alpha value is -4.00. The summed E-state index contributed by atoms with van der Waals surface area (Å²) in [5, 5.41) is 11.1. The van der Waals surface area contributed by atoms with Gasteiger partial charge in [0.05, 0.1) is 24.3 Å². The van der Waals surface area contributed by atoms with Gasteiger partial charge in [-0.1, -0.05) is 30.3 Å². The molecule has 1 amide bonds. The van der Waals surface area contributed by atoms with Crippen LogP contribution in [0.3, 0.4) is 0 Å². The Balaban J connectivity index is 1.89. The number of carbonyl (C=O) groups excluding carboxylic acids is 2. The number of ketones is 1. The van der Waals surface area contributed by atoms with Crippen LogP contribution in [0.5, 0.6) is 5.75 Å². The van der Waals surface area contributed by atoms with Crippen LogP contribution in [0.2, 0.25) is 0 Å². The minimum Gasteiger partial charge on any atom is -0.507 e. The maximum Gasteiger partial charge on any atom is 0.295 e. The highest BCUT2D eigenvalue weighted by molar-refractivity contribution is 6.46. The number of aromatic nitrogens is 1. The first-order valence-electron chi connectivity index (χ1n) is 9.57. The van der Waals surface area contributed by atoms with Gasteiger partial charge in [-0.05, 0) is 41.5 Å². The largest absolute Gasteiger partial charge is 0.507 e. The van der Waals surface area contributed by atoms with Crippen molar-refractivity contribution in [1.82, 2.24) is 9.88 Å². The summed E-state index contributed by atoms with van der Waals surface area (Å²) in [6.07, 6.45) is 3.21. The predicted molar refractivity (Wildman–Crippen MR) is 111 cm³/mol. The number of para-hydroxylation sites is 1. The van der Waals surface area contributed by atoms with Crippen LogP contribution in [0.25, 0.3) is 5.76 Å². The molecule has 3 aromatic rings. The molecule has 0 saturated carbocycles. The number of hydrogen-bond donors (Lipinski definition) is 1. The minimum atomic E-state index is -0.897. The molecule has 2 heterocycles. The van der Waals surface area contributed by atoms with Crippen LogP contribution in [-0.4, -0.2) is 33.8 Å². The second-order valence-electron chi connectivity index (χ2n) is 7.04. The molecule has 1 unspecified atom stereocenters. The summed E-state index contributed by atoms with van der Waals surface area (Å²) in [7, 11) is 1.45. The molecule has 1 saturated heterocycles. The molecule has 7 heteroatoms. The minimum absolute atomic E-state index is 0.0787. The van der Waals surface area contributed by atoms with Gasteiger partial charge in [-0.2, -0.15) is 0 Å². The first-order chi connectivity index (χ1) is 15.0. The third-order valence-corrected chi connectivity index (χ3v) is 5.16. The van der Waals surface area contributed by atoms with Gasteiger partial charge in [-0.3, -0.25) is 14.6 Å². The first kappa shape index (κ1) is 20.3. The molecule has 0 aliphatic carbocycles. The van der Waals surface area contributed by atoms with Crippen molar-refractivity contribution in [1.29, 1.82) is 0 Å². The van der Waals surface area contributed by atoms with E-state index in [1.807, 2.05) is 0 Å². The fraction of sp³-hybridized carbons (Fsp3) is 0.125. The number of rotatable bonds is 5. The summed E-state index contributed by atoms with van der Waals surface area (Å²) < 4.78 is 18.9. The Bertz CT molecular complexity index is 1160. The van der Waals surface area contributed by atoms with Crippen molar-refractivity contribution in [3.8, 4) is 5.75 Å². The van der Waals surface area contributed by atoms with Crippen LogP contribution in [0.15, 0.2) is 78.6 Å². The molecule has 0 radical (unpaired) electrons. The monoisotopic (exact) mass is 418 g/mol. The number of hydrogen-bond acceptors (Lipinski definition) is 5. The number of amides is 1. The van der Waals surface area contributed by atoms with Gasteiger partial charge in [0.1, 0.15) is 17.3 Å². The van der Waals surface area contributed by atoms with Crippen molar-refractivity contribution >= 4 is 17.4 Å². The van der Waals surface area contributed by atoms with Gasteiger partial charge in [-0.15, -0.1) is 0 Å². The number of benzene rings is 2. The lowest BCUT2D eigenvalue weighted by atomic mass is 9.95. The highest BCUT2D eigenvalue weighted by atomic mass is 19.1. The number of pyridine rings is 1. The molecule has 0 bridgehead atoms. The molecule has 1 aliphatic rings. The molecule has 2 aromatic carbocycles. The molecule has 6 nitrogen and oxygen atoms in total. The first-order valence-corrected chi connectivity index (χ1v) is 9.57. The lowest BCUT2D eigenvalue weighted by Gasteiger charge is -2.25. The number of nitrogens with zero attached hydrogens (tertiary/aromatic N) is 2. The van der Waals surface area contributed by atoms with E-state index in [2.05, 4.69) is 4.98 Å². The Kier molecular flexibility index (Phi) is 5.49. The molecular formula is C24H19FN2O4. The molecule has 31 heavy (non-hydrogen) atoms. The van der Waals surface area contributed by atoms with E-state index in [1.165, 1.54) is 36.3 Å². The SMILES string of the molecule is COc1ccccc1/C(O)=C1/C(=O)C(=O)N(Cc2cccnc2)C1c1ccc(F)cc1. The molecule has 4 rings (SSSR count). The number of methoxy groups -OCH3 is 1. The smallest absolute Gasteiger partial charge is 0.295 e. The second kappa shape index (κ2) is 8.39. The second-order valence-corrected chi connectivity index (χ2v) is 7.04. The average molecular weight is 418 g/mol. The van der Waals surface area contributed by atoms with Crippen molar-refractivity contribution in [2.75, 3.05) is 7.11 Å². The van der Waals surface area contributed by atoms with E-state index in [1.54, 1.807) is 48.8 Å². The number of halogens is 1. The van der Waals surface area contributed by atoms with Gasteiger partial charge >= 0.3 is 0 Å². The fourth-order valence-corrected chi connectivity index (χ4v) is 3.71. The summed E-state index contributed by atoms with van der Waals surface area (Å²) >= 11 is 0. The molecule has 0 spiro atoms. The van der Waals surface area contributed by atoms with Crippen LogP contribution < -0.4 is 4.74 Å². The molecule has 1 aliphatic heterocycles. The van der Waals surface area contributed by atoms with Crippen molar-refractivity contribution in [3.63, 3.8) is 0 Å². The highest BCUT2D eigenvalue weighted by Gasteiger charge is 2.46. The molecule has 156 valence electrons. The summed E-state index contributed by atoms with van der Waals surface area (Å²) in [5.74, 6) is -2.01. The van der Waals surface area contributed by atoms with Crippen LogP contribution >= 0.6 is 0 Å². The zero-order valence-corrected chi connectivity index (χ0v) is 16.7. The Labute approximate surface area is 178 Å². The highest BCUT2D eigenvalue weighted by Crippen LogP contribution is 2.41. The normalized spacial score (nSPS) is 17.7. The van der Waals surface area contributed by atoms with Crippen LogP contribution in [0, 0.1) is 5.82 Å². The third-order valence-electron chi connectivity index (χ3n) is 5.16. The van der Waals surface area contributed by atoms with Crippen LogP contribution in [0.1, 0.15) is 22.7 Å². The number of likely N-dealkylation sites (tertiary alicyclic amines) is 1. The van der Waals surface area contributed by atoms with Gasteiger partial charge in [0.15, 0.2) is 0 Å². The van der Waals surface area contributed by atoms with E-state index in [4.69, 9.17) is 4.74 Å². The van der Waals surface area contributed by atoms with E-state index in [-0.39, 0.29) is 23.4 Å². The maximum absolute atomic E-state index is 13.6. The zero-order valence-electron chi connectivity index (χ0n) is 16.7. The number of ether oxygens (including phenoxy) is 1. The topological polar surface area (TPSA) is 79.7 Å². The van der Waals surface area contributed by atoms with Crippen LogP contribution in [0.4, 0.5) is 4.39 Å². The fourth-order valence-electron chi connectivity index (χ4n) is 3.71. The Morgan fingerprint density at radius 2 is 1.84 bits per heavy atom. The van der Waals surface area contributed by atoms with Crippen molar-refractivity contribution in [3.05, 3.63) is 101 Å². The standard InChI is InChI=1S/C24H19FN2O4/c1-31-19-7-3-2-6-18(19)22(28)20-21(16-8-10-17(25)11-9-16)27(24(30)23(20)29)14-15-5-4-12-26-13-15/h2-13,21,28H,14H2,1H3/b22-20-. The van der Waals surface area contributed by atoms with E-state index >= 15 is 0 Å². The Morgan fingerprint density at radius 3 is 2.52 bits per heavy atom. The summed E-state index contributed by atoms with van der Waals surface area (Å²) in [5.41, 5.74) is 1.43. The van der Waals surface area contributed by atoms with E-state index in [0.29, 0.717) is 16.9 Å². The van der Waals surface area contributed by atoms with E-state index < -0.39 is 23.5 Å². The van der Waals surface area contributed by atoms with Crippen molar-refractivity contribution in [2.24, 2.45) is 0 Å². The number of aliphatic hydroxyl groups excluding tert-OH is 1. The van der Waals surface area contributed by atoms with E-state index in [9.17, 15) is 19.1 Å². The molecule has 1 N–H and O–H groups in total. The van der Waals surface area contributed by atoms with Gasteiger partial charge < -0.3 is 14.7 Å². The lowest BCUT2D eigenvalue weighted by molar-refractivity contribution is -0.140. The summed E-state index contributed by atoms with van der Waals surface area (Å²) in [4.78, 5) is 31.4. The number of aliphatic hydroxyl groups is 1. The maximum atomic E-state index is 13.6. The van der Waals surface area contributed by atoms with Gasteiger partial charge in [0, 0.05) is 18.9 Å². The van der Waals surface area contributed by atoms with Gasteiger partial charge in [0.25, 0.3) is 11.7 Å².